The van der Waals surface area contributed by atoms with Crippen molar-refractivity contribution in [2.45, 2.75) is 39.4 Å². The Balaban J connectivity index is 3.12. The maximum absolute atomic E-state index is 12.5. The minimum Gasteiger partial charge on any atom is -0.481 e. The number of aromatic nitrogens is 1. The molecule has 1 rings (SSSR count). The summed E-state index contributed by atoms with van der Waals surface area (Å²) < 4.78 is 37.6. The summed E-state index contributed by atoms with van der Waals surface area (Å²) >= 11 is 5.80. The molecule has 0 spiro atoms. The zero-order chi connectivity index (χ0) is 16.6. The zero-order valence-corrected chi connectivity index (χ0v) is 12.7. The van der Waals surface area contributed by atoms with Crippen molar-refractivity contribution in [2.75, 3.05) is 5.32 Å². The van der Waals surface area contributed by atoms with Crippen LogP contribution in [0, 0.1) is 5.41 Å². The van der Waals surface area contributed by atoms with E-state index in [0.717, 1.165) is 6.07 Å². The van der Waals surface area contributed by atoms with Crippen LogP contribution < -0.4 is 5.32 Å². The monoisotopic (exact) mass is 324 g/mol. The van der Waals surface area contributed by atoms with Crippen LogP contribution in [0.1, 0.15) is 33.3 Å². The zero-order valence-electron chi connectivity index (χ0n) is 12.0. The first kappa shape index (κ1) is 17.6. The van der Waals surface area contributed by atoms with Gasteiger partial charge in [0.25, 0.3) is 0 Å². The summed E-state index contributed by atoms with van der Waals surface area (Å²) in [7, 11) is 0. The van der Waals surface area contributed by atoms with Crippen molar-refractivity contribution in [3.05, 3.63) is 22.8 Å². The molecule has 0 saturated heterocycles. The molecule has 0 aliphatic heterocycles. The number of alkyl halides is 3. The summed E-state index contributed by atoms with van der Waals surface area (Å²) in [6.07, 6.45) is -3.89. The van der Waals surface area contributed by atoms with Crippen molar-refractivity contribution < 1.29 is 23.1 Å². The number of nitrogens with one attached hydrogen (secondary N) is 1. The van der Waals surface area contributed by atoms with E-state index >= 15 is 0 Å². The van der Waals surface area contributed by atoms with E-state index in [1.54, 1.807) is 13.8 Å². The van der Waals surface area contributed by atoms with Crippen LogP contribution in [0.2, 0.25) is 5.02 Å². The van der Waals surface area contributed by atoms with Gasteiger partial charge in [0.15, 0.2) is 0 Å². The molecule has 0 aliphatic rings. The van der Waals surface area contributed by atoms with Gasteiger partial charge in [-0.05, 0) is 33.8 Å². The molecule has 0 radical (unpaired) electrons. The second-order valence-electron chi connectivity index (χ2n) is 5.73. The second-order valence-corrected chi connectivity index (χ2v) is 6.14. The number of aliphatic carboxylic acids is 1. The molecule has 0 fully saturated rings. The van der Waals surface area contributed by atoms with Gasteiger partial charge >= 0.3 is 12.1 Å². The second kappa shape index (κ2) is 5.36. The highest BCUT2D eigenvalue weighted by Gasteiger charge is 2.44. The molecule has 0 aliphatic carbocycles. The Morgan fingerprint density at radius 2 is 1.81 bits per heavy atom. The maximum atomic E-state index is 12.5. The lowest BCUT2D eigenvalue weighted by molar-refractivity contribution is -0.149. The van der Waals surface area contributed by atoms with E-state index in [4.69, 9.17) is 11.6 Å². The predicted octanol–water partition coefficient (Wildman–Crippen LogP) is 4.06. The summed E-state index contributed by atoms with van der Waals surface area (Å²) in [5.41, 5.74) is -3.15. The van der Waals surface area contributed by atoms with Crippen molar-refractivity contribution in [3.8, 4) is 0 Å². The minimum atomic E-state index is -4.54. The Morgan fingerprint density at radius 3 is 2.19 bits per heavy atom. The fourth-order valence-corrected chi connectivity index (χ4v) is 1.62. The van der Waals surface area contributed by atoms with Crippen LogP contribution in [0.15, 0.2) is 12.3 Å². The third-order valence-corrected chi connectivity index (χ3v) is 3.98. The van der Waals surface area contributed by atoms with Gasteiger partial charge in [0.2, 0.25) is 0 Å². The summed E-state index contributed by atoms with van der Waals surface area (Å²) in [5, 5.41) is 11.8. The molecule has 8 heteroatoms. The van der Waals surface area contributed by atoms with Gasteiger partial charge in [0.1, 0.15) is 5.82 Å². The topological polar surface area (TPSA) is 62.2 Å². The number of pyridine rings is 1. The van der Waals surface area contributed by atoms with Gasteiger partial charge in [0, 0.05) is 11.7 Å². The SMILES string of the molecule is CC(C)(Nc1ncc(C(F)(F)F)cc1Cl)C(C)(C)C(=O)O. The summed E-state index contributed by atoms with van der Waals surface area (Å²) in [5.74, 6) is -1.05. The van der Waals surface area contributed by atoms with E-state index in [-0.39, 0.29) is 10.8 Å². The molecule has 0 aromatic carbocycles. The molecule has 1 aromatic rings. The molecule has 2 N–H and O–H groups in total. The van der Waals surface area contributed by atoms with Crippen molar-refractivity contribution in [3.63, 3.8) is 0 Å². The summed E-state index contributed by atoms with van der Waals surface area (Å²) in [6, 6.07) is 0.751. The van der Waals surface area contributed by atoms with Crippen LogP contribution in [-0.2, 0) is 11.0 Å². The van der Waals surface area contributed by atoms with E-state index in [0.29, 0.717) is 6.20 Å². The van der Waals surface area contributed by atoms with Crippen molar-refractivity contribution in [2.24, 2.45) is 5.41 Å². The summed E-state index contributed by atoms with van der Waals surface area (Å²) in [4.78, 5) is 14.9. The molecule has 0 atom stereocenters. The maximum Gasteiger partial charge on any atom is 0.417 e. The quantitative estimate of drug-likeness (QED) is 0.877. The van der Waals surface area contributed by atoms with Gasteiger partial charge in [-0.1, -0.05) is 11.6 Å². The number of hydrogen-bond acceptors (Lipinski definition) is 3. The molecule has 118 valence electrons. The molecular weight excluding hydrogens is 309 g/mol. The van der Waals surface area contributed by atoms with E-state index in [1.807, 2.05) is 0 Å². The Bertz CT molecular complexity index is 557. The first-order chi connectivity index (χ1) is 9.29. The Kier molecular flexibility index (Phi) is 4.48. The number of carboxylic acid groups (broad SMARTS) is 1. The van der Waals surface area contributed by atoms with Crippen molar-refractivity contribution >= 4 is 23.4 Å². The Hall–Kier alpha value is -1.50. The van der Waals surface area contributed by atoms with Crippen molar-refractivity contribution in [1.82, 2.24) is 4.98 Å². The number of carboxylic acids is 1. The van der Waals surface area contributed by atoms with Crippen LogP contribution in [-0.4, -0.2) is 21.6 Å². The summed E-state index contributed by atoms with van der Waals surface area (Å²) in [6.45, 7) is 6.22. The number of anilines is 1. The standard InChI is InChI=1S/C13H16ClF3N2O2/c1-11(2,10(20)21)12(3,4)19-9-8(14)5-7(6-18-9)13(15,16)17/h5-6H,1-4H3,(H,18,19)(H,20,21). The Morgan fingerprint density at radius 1 is 1.29 bits per heavy atom. The fraction of sp³-hybridized carbons (Fsp3) is 0.538. The molecule has 0 saturated carbocycles. The normalized spacial score (nSPS) is 13.1. The number of halogens is 4. The first-order valence-corrected chi connectivity index (χ1v) is 6.41. The molecule has 0 unspecified atom stereocenters. The van der Waals surface area contributed by atoms with Crippen LogP contribution in [0.25, 0.3) is 0 Å². The average molecular weight is 325 g/mol. The van der Waals surface area contributed by atoms with E-state index in [9.17, 15) is 23.1 Å². The van der Waals surface area contributed by atoms with Gasteiger partial charge in [0.05, 0.1) is 16.0 Å². The number of rotatable bonds is 4. The lowest BCUT2D eigenvalue weighted by Gasteiger charge is -2.39. The molecule has 4 nitrogen and oxygen atoms in total. The fourth-order valence-electron chi connectivity index (χ4n) is 1.40. The Labute approximate surface area is 125 Å². The van der Waals surface area contributed by atoms with Gasteiger partial charge in [-0.25, -0.2) is 4.98 Å². The highest BCUT2D eigenvalue weighted by molar-refractivity contribution is 6.33. The van der Waals surface area contributed by atoms with Gasteiger partial charge in [-0.2, -0.15) is 13.2 Å². The van der Waals surface area contributed by atoms with Gasteiger partial charge < -0.3 is 10.4 Å². The molecule has 1 heterocycles. The molecule has 0 bridgehead atoms. The first-order valence-electron chi connectivity index (χ1n) is 6.03. The molecular formula is C13H16ClF3N2O2. The van der Waals surface area contributed by atoms with Gasteiger partial charge in [-0.3, -0.25) is 4.79 Å². The number of hydrogen-bond donors (Lipinski definition) is 2. The predicted molar refractivity (Wildman–Crippen MR) is 73.4 cm³/mol. The smallest absolute Gasteiger partial charge is 0.417 e. The van der Waals surface area contributed by atoms with Crippen molar-refractivity contribution in [1.29, 1.82) is 0 Å². The number of nitrogens with zero attached hydrogens (tertiary/aromatic N) is 1. The van der Waals surface area contributed by atoms with E-state index in [1.165, 1.54) is 13.8 Å². The third kappa shape index (κ3) is 3.58. The lowest BCUT2D eigenvalue weighted by atomic mass is 9.74. The minimum absolute atomic E-state index is 0.00370. The highest BCUT2D eigenvalue weighted by atomic mass is 35.5. The highest BCUT2D eigenvalue weighted by Crippen LogP contribution is 2.37. The van der Waals surface area contributed by atoms with Crippen LogP contribution in [0.5, 0.6) is 0 Å². The molecule has 21 heavy (non-hydrogen) atoms. The third-order valence-electron chi connectivity index (χ3n) is 3.70. The molecule has 1 aromatic heterocycles. The van der Waals surface area contributed by atoms with Gasteiger partial charge in [-0.15, -0.1) is 0 Å². The van der Waals surface area contributed by atoms with Crippen LogP contribution in [0.3, 0.4) is 0 Å². The van der Waals surface area contributed by atoms with Crippen LogP contribution >= 0.6 is 11.6 Å². The largest absolute Gasteiger partial charge is 0.481 e. The van der Waals surface area contributed by atoms with E-state index in [2.05, 4.69) is 10.3 Å². The average Bonchev–Trinajstić information content (AvgIpc) is 2.29. The number of carbonyl (C=O) groups is 1. The van der Waals surface area contributed by atoms with E-state index < -0.39 is 28.7 Å². The van der Waals surface area contributed by atoms with Crippen LogP contribution in [0.4, 0.5) is 19.0 Å². The lowest BCUT2D eigenvalue weighted by Crippen LogP contribution is -2.50. The molecule has 0 amide bonds.